The number of anilines is 1. The lowest BCUT2D eigenvalue weighted by Gasteiger charge is -2.26. The van der Waals surface area contributed by atoms with Gasteiger partial charge in [-0.3, -0.25) is 9.69 Å². The first-order valence-electron chi connectivity index (χ1n) is 14.2. The van der Waals surface area contributed by atoms with Crippen molar-refractivity contribution >= 4 is 17.8 Å². The monoisotopic (exact) mass is 529 g/mol. The van der Waals surface area contributed by atoms with Crippen LogP contribution < -0.4 is 15.0 Å². The van der Waals surface area contributed by atoms with Gasteiger partial charge in [-0.1, -0.05) is 56.8 Å². The van der Waals surface area contributed by atoms with Gasteiger partial charge in [-0.25, -0.2) is 4.99 Å². The Hall–Kier alpha value is -3.58. The number of rotatable bonds is 11. The first-order valence-corrected chi connectivity index (χ1v) is 14.2. The summed E-state index contributed by atoms with van der Waals surface area (Å²) in [5.74, 6) is 1.53. The van der Waals surface area contributed by atoms with Crippen molar-refractivity contribution in [3.63, 3.8) is 0 Å². The van der Waals surface area contributed by atoms with E-state index < -0.39 is 0 Å². The Balaban J connectivity index is 1.51. The first kappa shape index (κ1) is 28.4. The van der Waals surface area contributed by atoms with Crippen molar-refractivity contribution < 1.29 is 9.53 Å². The predicted molar refractivity (Wildman–Crippen MR) is 160 cm³/mol. The van der Waals surface area contributed by atoms with Gasteiger partial charge in [-0.2, -0.15) is 0 Å². The van der Waals surface area contributed by atoms with E-state index in [1.54, 1.807) is 6.21 Å². The zero-order chi connectivity index (χ0) is 27.8. The molecule has 0 bridgehead atoms. The van der Waals surface area contributed by atoms with Crippen molar-refractivity contribution in [2.24, 2.45) is 10.9 Å². The summed E-state index contributed by atoms with van der Waals surface area (Å²) in [6, 6.07) is 18.5. The fourth-order valence-electron chi connectivity index (χ4n) is 5.32. The molecule has 2 atom stereocenters. The molecular formula is C32H43N5O2. The molecule has 0 aromatic heterocycles. The van der Waals surface area contributed by atoms with Crippen molar-refractivity contribution in [1.29, 1.82) is 0 Å². The van der Waals surface area contributed by atoms with Gasteiger partial charge in [0.25, 0.3) is 5.91 Å². The molecule has 1 N–H and O–H groups in total. The lowest BCUT2D eigenvalue weighted by molar-refractivity contribution is -0.114. The van der Waals surface area contributed by atoms with Gasteiger partial charge in [0.2, 0.25) is 0 Å². The van der Waals surface area contributed by atoms with Crippen LogP contribution in [0.25, 0.3) is 0 Å². The van der Waals surface area contributed by atoms with Gasteiger partial charge in [0, 0.05) is 70.0 Å². The van der Waals surface area contributed by atoms with Crippen molar-refractivity contribution in [3.05, 3.63) is 83.8 Å². The maximum atomic E-state index is 14.0. The number of likely N-dealkylation sites (tertiary alicyclic amines) is 1. The maximum Gasteiger partial charge on any atom is 0.261 e. The lowest BCUT2D eigenvalue weighted by Crippen LogP contribution is -2.34. The van der Waals surface area contributed by atoms with E-state index in [9.17, 15) is 4.79 Å². The van der Waals surface area contributed by atoms with Crippen LogP contribution in [0.4, 0.5) is 5.69 Å². The SMILES string of the molecule is C=C(N=CC1=C(C(C)CC)N(C)CCN(c2cccc(OC3CCN(Cc4ccccc4)C3)c2)C1=O)NCC. The van der Waals surface area contributed by atoms with Crippen LogP contribution in [0.3, 0.4) is 0 Å². The third-order valence-corrected chi connectivity index (χ3v) is 7.54. The number of benzene rings is 2. The molecule has 0 saturated carbocycles. The number of carbonyl (C=O) groups excluding carboxylic acids is 1. The Morgan fingerprint density at radius 2 is 1.95 bits per heavy atom. The minimum absolute atomic E-state index is 0.0465. The number of nitrogens with one attached hydrogen (secondary N) is 1. The fourth-order valence-corrected chi connectivity index (χ4v) is 5.32. The Labute approximate surface area is 233 Å². The molecule has 2 aromatic carbocycles. The van der Waals surface area contributed by atoms with Crippen LogP contribution in [0.5, 0.6) is 5.75 Å². The van der Waals surface area contributed by atoms with Gasteiger partial charge in [-0.05, 0) is 43.4 Å². The van der Waals surface area contributed by atoms with Crippen molar-refractivity contribution in [3.8, 4) is 5.75 Å². The second-order valence-electron chi connectivity index (χ2n) is 10.5. The van der Waals surface area contributed by atoms with E-state index in [4.69, 9.17) is 4.74 Å². The maximum absolute atomic E-state index is 14.0. The standard InChI is InChI=1S/C32H43N5O2/c1-6-24(3)31-30(21-34-25(4)33-7-2)32(38)37(19-18-35(31)5)27-14-11-15-28(20-27)39-29-16-17-36(23-29)22-26-12-9-8-10-13-26/h8-15,20-21,24,29,33H,4,6-7,16-19,22-23H2,1-3,5H3. The molecule has 7 heteroatoms. The Bertz CT molecular complexity index is 1190. The molecule has 208 valence electrons. The molecule has 1 saturated heterocycles. The predicted octanol–water partition coefficient (Wildman–Crippen LogP) is 5.07. The van der Waals surface area contributed by atoms with Crippen LogP contribution in [0, 0.1) is 5.92 Å². The van der Waals surface area contributed by atoms with Gasteiger partial charge in [0.15, 0.2) is 0 Å². The second-order valence-corrected chi connectivity index (χ2v) is 10.5. The van der Waals surface area contributed by atoms with Crippen molar-refractivity contribution in [2.45, 2.75) is 46.3 Å². The summed E-state index contributed by atoms with van der Waals surface area (Å²) in [4.78, 5) is 25.0. The molecule has 4 rings (SSSR count). The van der Waals surface area contributed by atoms with E-state index in [1.807, 2.05) is 36.1 Å². The number of aliphatic imine (C=N–C) groups is 1. The molecule has 7 nitrogen and oxygen atoms in total. The zero-order valence-electron chi connectivity index (χ0n) is 23.9. The fraction of sp³-hybridized carbons (Fsp3) is 0.438. The van der Waals surface area contributed by atoms with Crippen LogP contribution in [-0.4, -0.2) is 67.8 Å². The topological polar surface area (TPSA) is 60.4 Å². The Morgan fingerprint density at radius 3 is 2.69 bits per heavy atom. The number of carbonyl (C=O) groups is 1. The molecule has 2 aliphatic heterocycles. The molecule has 1 amide bonds. The highest BCUT2D eigenvalue weighted by atomic mass is 16.5. The molecule has 2 heterocycles. The summed E-state index contributed by atoms with van der Waals surface area (Å²) in [7, 11) is 2.06. The summed E-state index contributed by atoms with van der Waals surface area (Å²) in [6.45, 7) is 15.2. The van der Waals surface area contributed by atoms with Gasteiger partial charge >= 0.3 is 0 Å². The zero-order valence-corrected chi connectivity index (χ0v) is 23.9. The molecule has 2 unspecified atom stereocenters. The highest BCUT2D eigenvalue weighted by molar-refractivity contribution is 6.19. The molecule has 0 radical (unpaired) electrons. The van der Waals surface area contributed by atoms with E-state index >= 15 is 0 Å². The van der Waals surface area contributed by atoms with E-state index in [0.29, 0.717) is 17.9 Å². The van der Waals surface area contributed by atoms with Gasteiger partial charge in [0.05, 0.1) is 5.57 Å². The highest BCUT2D eigenvalue weighted by Crippen LogP contribution is 2.30. The molecule has 1 fully saturated rings. The van der Waals surface area contributed by atoms with Crippen molar-refractivity contribution in [1.82, 2.24) is 15.1 Å². The van der Waals surface area contributed by atoms with Crippen LogP contribution in [-0.2, 0) is 11.3 Å². The van der Waals surface area contributed by atoms with Gasteiger partial charge in [0.1, 0.15) is 17.7 Å². The summed E-state index contributed by atoms with van der Waals surface area (Å²) in [5.41, 5.74) is 3.80. The Morgan fingerprint density at radius 1 is 1.15 bits per heavy atom. The third-order valence-electron chi connectivity index (χ3n) is 7.54. The number of likely N-dealkylation sites (N-methyl/N-ethyl adjacent to an activating group) is 1. The van der Waals surface area contributed by atoms with Crippen LogP contribution in [0.2, 0.25) is 0 Å². The molecule has 0 aliphatic carbocycles. The number of nitrogens with zero attached hydrogens (tertiary/aromatic N) is 4. The second kappa shape index (κ2) is 13.5. The van der Waals surface area contributed by atoms with Crippen LogP contribution >= 0.6 is 0 Å². The first-order chi connectivity index (χ1) is 18.9. The quantitative estimate of drug-likeness (QED) is 0.412. The minimum atomic E-state index is -0.0465. The normalized spacial score (nSPS) is 19.5. The molecule has 2 aromatic rings. The number of hydrogen-bond donors (Lipinski definition) is 1. The lowest BCUT2D eigenvalue weighted by atomic mass is 9.98. The minimum Gasteiger partial charge on any atom is -0.489 e. The average molecular weight is 530 g/mol. The van der Waals surface area contributed by atoms with E-state index in [2.05, 4.69) is 77.9 Å². The summed E-state index contributed by atoms with van der Waals surface area (Å²) >= 11 is 0. The van der Waals surface area contributed by atoms with E-state index in [-0.39, 0.29) is 17.9 Å². The van der Waals surface area contributed by atoms with E-state index in [0.717, 1.165) is 62.7 Å². The number of allylic oxidation sites excluding steroid dienone is 1. The molecule has 39 heavy (non-hydrogen) atoms. The number of amides is 1. The largest absolute Gasteiger partial charge is 0.489 e. The van der Waals surface area contributed by atoms with Crippen LogP contribution in [0.15, 0.2) is 83.3 Å². The average Bonchev–Trinajstić information content (AvgIpc) is 3.32. The number of hydrogen-bond acceptors (Lipinski definition) is 6. The summed E-state index contributed by atoms with van der Waals surface area (Å²) < 4.78 is 6.42. The van der Waals surface area contributed by atoms with Gasteiger partial charge < -0.3 is 19.9 Å². The molecule has 0 spiro atoms. The van der Waals surface area contributed by atoms with E-state index in [1.165, 1.54) is 5.56 Å². The molecule has 2 aliphatic rings. The Kier molecular flexibility index (Phi) is 9.82. The highest BCUT2D eigenvalue weighted by Gasteiger charge is 2.30. The number of ether oxygens (including phenoxy) is 1. The van der Waals surface area contributed by atoms with Crippen LogP contribution in [0.1, 0.15) is 39.2 Å². The van der Waals surface area contributed by atoms with Crippen molar-refractivity contribution in [2.75, 3.05) is 44.7 Å². The summed E-state index contributed by atoms with van der Waals surface area (Å²) in [6.07, 6.45) is 3.74. The third kappa shape index (κ3) is 7.30. The van der Waals surface area contributed by atoms with Gasteiger partial charge in [-0.15, -0.1) is 0 Å². The summed E-state index contributed by atoms with van der Waals surface area (Å²) in [5, 5.41) is 3.11. The smallest absolute Gasteiger partial charge is 0.261 e. The molecular weight excluding hydrogens is 486 g/mol.